The Hall–Kier alpha value is -3.07. The number of fused-ring (bicyclic) bond motifs is 1. The fraction of sp³-hybridized carbons (Fsp3) is 0.235. The number of nitrogens with one attached hydrogen (secondary N) is 2. The maximum atomic E-state index is 12.2. The number of benzene rings is 1. The van der Waals surface area contributed by atoms with Crippen molar-refractivity contribution in [3.8, 4) is 17.4 Å². The van der Waals surface area contributed by atoms with E-state index < -0.39 is 0 Å². The van der Waals surface area contributed by atoms with Crippen LogP contribution in [0.5, 0.6) is 17.4 Å². The molecule has 3 aromatic rings. The average molecular weight is 374 g/mol. The molecule has 0 aliphatic heterocycles. The molecule has 2 N–H and O–H groups in total. The molecular weight excluding hydrogens is 356 g/mol. The van der Waals surface area contributed by atoms with Crippen LogP contribution in [-0.4, -0.2) is 43.7 Å². The molecule has 0 unspecified atom stereocenters. The minimum atomic E-state index is -0.206. The van der Waals surface area contributed by atoms with Crippen LogP contribution in [0, 0.1) is 0 Å². The number of rotatable bonds is 7. The molecule has 1 aromatic carbocycles. The third-order valence-electron chi connectivity index (χ3n) is 3.51. The number of carbonyl (C=O) groups excluding carboxylic acids is 1. The van der Waals surface area contributed by atoms with E-state index in [0.717, 1.165) is 10.3 Å². The molecule has 0 spiro atoms. The highest BCUT2D eigenvalue weighted by molar-refractivity contribution is 7.21. The van der Waals surface area contributed by atoms with E-state index in [1.165, 1.54) is 11.3 Å². The number of aromatic nitrogens is 2. The Bertz CT molecular complexity index is 928. The lowest BCUT2D eigenvalue weighted by Crippen LogP contribution is -2.21. The maximum absolute atomic E-state index is 12.2. The normalized spacial score (nSPS) is 10.4. The van der Waals surface area contributed by atoms with Crippen molar-refractivity contribution in [2.75, 3.05) is 38.5 Å². The summed E-state index contributed by atoms with van der Waals surface area (Å²) in [4.78, 5) is 21.6. The van der Waals surface area contributed by atoms with Crippen LogP contribution >= 0.6 is 11.3 Å². The molecule has 0 atom stereocenters. The van der Waals surface area contributed by atoms with Gasteiger partial charge in [0.2, 0.25) is 11.8 Å². The third kappa shape index (κ3) is 3.94. The maximum Gasteiger partial charge on any atom is 0.243 e. The van der Waals surface area contributed by atoms with E-state index in [0.29, 0.717) is 28.2 Å². The molecule has 3 rings (SSSR count). The van der Waals surface area contributed by atoms with Crippen molar-refractivity contribution in [2.45, 2.75) is 0 Å². The van der Waals surface area contributed by atoms with Gasteiger partial charge in [0.25, 0.3) is 0 Å². The van der Waals surface area contributed by atoms with Gasteiger partial charge in [0.05, 0.1) is 27.9 Å². The van der Waals surface area contributed by atoms with Crippen molar-refractivity contribution >= 4 is 38.4 Å². The van der Waals surface area contributed by atoms with Crippen LogP contribution in [0.1, 0.15) is 0 Å². The molecule has 0 aliphatic carbocycles. The molecule has 0 saturated heterocycles. The number of hydrogen-bond acceptors (Lipinski definition) is 8. The summed E-state index contributed by atoms with van der Waals surface area (Å²) in [6.07, 6.45) is 0. The molecule has 2 aromatic heterocycles. The van der Waals surface area contributed by atoms with Crippen molar-refractivity contribution in [3.63, 3.8) is 0 Å². The van der Waals surface area contributed by atoms with Crippen molar-refractivity contribution in [1.82, 2.24) is 9.97 Å². The smallest absolute Gasteiger partial charge is 0.243 e. The predicted molar refractivity (Wildman–Crippen MR) is 101 cm³/mol. The first kappa shape index (κ1) is 17.7. The Labute approximate surface area is 154 Å². The van der Waals surface area contributed by atoms with E-state index in [1.54, 1.807) is 45.6 Å². The van der Waals surface area contributed by atoms with Crippen LogP contribution < -0.4 is 24.8 Å². The zero-order valence-electron chi connectivity index (χ0n) is 14.5. The molecule has 0 bridgehead atoms. The Morgan fingerprint density at radius 1 is 1.04 bits per heavy atom. The lowest BCUT2D eigenvalue weighted by molar-refractivity contribution is -0.114. The summed E-state index contributed by atoms with van der Waals surface area (Å²) < 4.78 is 15.5. The van der Waals surface area contributed by atoms with Gasteiger partial charge in [-0.15, -0.1) is 0 Å². The molecule has 8 nitrogen and oxygen atoms in total. The minimum Gasteiger partial charge on any atom is -0.493 e. The monoisotopic (exact) mass is 374 g/mol. The van der Waals surface area contributed by atoms with Gasteiger partial charge in [-0.3, -0.25) is 4.79 Å². The number of methoxy groups -OCH3 is 3. The number of carbonyl (C=O) groups is 1. The van der Waals surface area contributed by atoms with Gasteiger partial charge in [-0.25, -0.2) is 9.97 Å². The third-order valence-corrected chi connectivity index (χ3v) is 4.43. The number of nitrogens with zero attached hydrogens (tertiary/aromatic N) is 2. The first-order chi connectivity index (χ1) is 12.6. The topological polar surface area (TPSA) is 94.6 Å². The van der Waals surface area contributed by atoms with Crippen molar-refractivity contribution in [2.24, 2.45) is 0 Å². The fourth-order valence-corrected chi connectivity index (χ4v) is 3.09. The SMILES string of the molecule is COc1ccc2nc(NCC(=O)Nc3ccc(OC)c(OC)c3)sc2n1. The highest BCUT2D eigenvalue weighted by Crippen LogP contribution is 2.30. The second-order valence-electron chi connectivity index (χ2n) is 5.17. The molecule has 2 heterocycles. The second kappa shape index (κ2) is 7.87. The summed E-state index contributed by atoms with van der Waals surface area (Å²) >= 11 is 1.36. The van der Waals surface area contributed by atoms with Crippen LogP contribution in [0.4, 0.5) is 10.8 Å². The first-order valence-corrected chi connectivity index (χ1v) is 8.52. The zero-order valence-corrected chi connectivity index (χ0v) is 15.3. The van der Waals surface area contributed by atoms with Gasteiger partial charge >= 0.3 is 0 Å². The number of ether oxygens (including phenoxy) is 3. The summed E-state index contributed by atoms with van der Waals surface area (Å²) in [5.41, 5.74) is 1.36. The van der Waals surface area contributed by atoms with E-state index in [1.807, 2.05) is 6.07 Å². The van der Waals surface area contributed by atoms with Gasteiger partial charge in [0.1, 0.15) is 10.3 Å². The lowest BCUT2D eigenvalue weighted by atomic mass is 10.2. The summed E-state index contributed by atoms with van der Waals surface area (Å²) in [6.45, 7) is 0.0747. The average Bonchev–Trinajstić information content (AvgIpc) is 3.08. The van der Waals surface area contributed by atoms with Crippen molar-refractivity contribution in [3.05, 3.63) is 30.3 Å². The van der Waals surface area contributed by atoms with Crippen molar-refractivity contribution < 1.29 is 19.0 Å². The summed E-state index contributed by atoms with van der Waals surface area (Å²) in [5.74, 6) is 1.46. The van der Waals surface area contributed by atoms with Crippen LogP contribution in [0.2, 0.25) is 0 Å². The Morgan fingerprint density at radius 3 is 2.58 bits per heavy atom. The standard InChI is InChI=1S/C17H18N4O4S/c1-23-12-6-4-10(8-13(12)24-2)19-14(22)9-18-17-20-11-5-7-15(25-3)21-16(11)26-17/h4-8H,9H2,1-3H3,(H,18,20)(H,19,22). The molecular formula is C17H18N4O4S. The number of hydrogen-bond donors (Lipinski definition) is 2. The van der Waals surface area contributed by atoms with E-state index in [9.17, 15) is 4.79 Å². The molecule has 0 fully saturated rings. The summed E-state index contributed by atoms with van der Waals surface area (Å²) in [6, 6.07) is 8.74. The number of pyridine rings is 1. The van der Waals surface area contributed by atoms with E-state index in [4.69, 9.17) is 14.2 Å². The molecule has 0 radical (unpaired) electrons. The Balaban J connectivity index is 1.62. The van der Waals surface area contributed by atoms with E-state index in [2.05, 4.69) is 20.6 Å². The van der Waals surface area contributed by atoms with Gasteiger partial charge < -0.3 is 24.8 Å². The van der Waals surface area contributed by atoms with E-state index in [-0.39, 0.29) is 12.5 Å². The van der Waals surface area contributed by atoms with Crippen LogP contribution in [0.3, 0.4) is 0 Å². The highest BCUT2D eigenvalue weighted by Gasteiger charge is 2.10. The Kier molecular flexibility index (Phi) is 5.37. The minimum absolute atomic E-state index is 0.0747. The number of anilines is 2. The van der Waals surface area contributed by atoms with Gasteiger partial charge in [0.15, 0.2) is 16.6 Å². The zero-order chi connectivity index (χ0) is 18.5. The van der Waals surface area contributed by atoms with Crippen molar-refractivity contribution in [1.29, 1.82) is 0 Å². The van der Waals surface area contributed by atoms with Gasteiger partial charge in [-0.2, -0.15) is 0 Å². The van der Waals surface area contributed by atoms with Crippen LogP contribution in [-0.2, 0) is 4.79 Å². The van der Waals surface area contributed by atoms with Gasteiger partial charge in [-0.05, 0) is 18.2 Å². The summed E-state index contributed by atoms with van der Waals surface area (Å²) in [7, 11) is 4.66. The first-order valence-electron chi connectivity index (χ1n) is 7.70. The van der Waals surface area contributed by atoms with Crippen LogP contribution in [0.25, 0.3) is 10.3 Å². The second-order valence-corrected chi connectivity index (χ2v) is 6.15. The lowest BCUT2D eigenvalue weighted by Gasteiger charge is -2.10. The molecule has 0 saturated carbocycles. The molecule has 136 valence electrons. The molecule has 0 aliphatic rings. The number of amides is 1. The molecule has 1 amide bonds. The fourth-order valence-electron chi connectivity index (χ4n) is 2.26. The highest BCUT2D eigenvalue weighted by atomic mass is 32.1. The number of thiazole rings is 1. The molecule has 26 heavy (non-hydrogen) atoms. The molecule has 9 heteroatoms. The van der Waals surface area contributed by atoms with Gasteiger partial charge in [-0.1, -0.05) is 11.3 Å². The quantitative estimate of drug-likeness (QED) is 0.657. The predicted octanol–water partition coefficient (Wildman–Crippen LogP) is 2.77. The Morgan fingerprint density at radius 2 is 1.85 bits per heavy atom. The summed E-state index contributed by atoms with van der Waals surface area (Å²) in [5, 5.41) is 6.41. The largest absolute Gasteiger partial charge is 0.493 e. The van der Waals surface area contributed by atoms with E-state index >= 15 is 0 Å². The van der Waals surface area contributed by atoms with Crippen LogP contribution in [0.15, 0.2) is 30.3 Å². The van der Waals surface area contributed by atoms with Gasteiger partial charge in [0, 0.05) is 17.8 Å².